The lowest BCUT2D eigenvalue weighted by atomic mass is 9.70. The molecule has 0 saturated heterocycles. The van der Waals surface area contributed by atoms with Crippen LogP contribution in [-0.2, 0) is 5.41 Å². The van der Waals surface area contributed by atoms with Crippen LogP contribution in [0.4, 0.5) is 0 Å². The molecule has 0 fully saturated rings. The van der Waals surface area contributed by atoms with E-state index in [2.05, 4.69) is 185 Å². The summed E-state index contributed by atoms with van der Waals surface area (Å²) in [5.41, 5.74) is 16.8. The highest BCUT2D eigenvalue weighted by molar-refractivity contribution is 6.29. The summed E-state index contributed by atoms with van der Waals surface area (Å²) >= 11 is 0. The van der Waals surface area contributed by atoms with Crippen LogP contribution < -0.4 is 0 Å². The first-order valence-electron chi connectivity index (χ1n) is 18.2. The molecular weight excluding hydrogens is 643 g/mol. The van der Waals surface area contributed by atoms with Gasteiger partial charge in [0.15, 0.2) is 0 Å². The molecule has 8 aromatic carbocycles. The predicted molar refractivity (Wildman–Crippen MR) is 216 cm³/mol. The third kappa shape index (κ3) is 3.39. The SMILES string of the molecule is N#Cc1cccc2c1-c1ccccc1C21c2ccccc2-c2c(-n3c4ccccc4c4c5c6ccccc6n(-c6ccccc6)c5ccc43)cccc21. The van der Waals surface area contributed by atoms with Gasteiger partial charge in [0.1, 0.15) is 0 Å². The first-order chi connectivity index (χ1) is 26.3. The zero-order valence-corrected chi connectivity index (χ0v) is 28.6. The molecule has 1 unspecified atom stereocenters. The van der Waals surface area contributed by atoms with E-state index in [-0.39, 0.29) is 0 Å². The zero-order valence-electron chi connectivity index (χ0n) is 28.6. The molecule has 0 N–H and O–H groups in total. The van der Waals surface area contributed by atoms with Crippen LogP contribution in [-0.4, -0.2) is 9.13 Å². The van der Waals surface area contributed by atoms with Gasteiger partial charge in [-0.05, 0) is 81.9 Å². The molecule has 3 heteroatoms. The number of benzene rings is 8. The molecule has 53 heavy (non-hydrogen) atoms. The third-order valence-electron chi connectivity index (χ3n) is 12.0. The Bertz CT molecular complexity index is 3240. The fourth-order valence-corrected chi connectivity index (χ4v) is 10.1. The maximum absolute atomic E-state index is 10.4. The molecule has 1 atom stereocenters. The minimum absolute atomic E-state index is 0.546. The second-order valence-corrected chi connectivity index (χ2v) is 14.3. The minimum Gasteiger partial charge on any atom is -0.309 e. The van der Waals surface area contributed by atoms with Crippen molar-refractivity contribution in [2.75, 3.05) is 0 Å². The number of nitrogens with zero attached hydrogens (tertiary/aromatic N) is 3. The largest absolute Gasteiger partial charge is 0.309 e. The van der Waals surface area contributed by atoms with Crippen LogP contribution in [0.3, 0.4) is 0 Å². The smallest absolute Gasteiger partial charge is 0.0998 e. The highest BCUT2D eigenvalue weighted by atomic mass is 15.0. The minimum atomic E-state index is -0.546. The topological polar surface area (TPSA) is 33.6 Å². The predicted octanol–water partition coefficient (Wildman–Crippen LogP) is 12.1. The van der Waals surface area contributed by atoms with Gasteiger partial charge in [-0.1, -0.05) is 127 Å². The molecule has 3 nitrogen and oxygen atoms in total. The van der Waals surface area contributed by atoms with Crippen LogP contribution >= 0.6 is 0 Å². The molecule has 2 aromatic heterocycles. The number of rotatable bonds is 2. The lowest BCUT2D eigenvalue weighted by molar-refractivity contribution is 0.793. The summed E-state index contributed by atoms with van der Waals surface area (Å²) in [4.78, 5) is 0. The van der Waals surface area contributed by atoms with Gasteiger partial charge >= 0.3 is 0 Å². The van der Waals surface area contributed by atoms with Gasteiger partial charge in [-0.2, -0.15) is 5.26 Å². The molecule has 0 radical (unpaired) electrons. The Labute approximate surface area is 305 Å². The first kappa shape index (κ1) is 28.5. The van der Waals surface area contributed by atoms with E-state index in [0.717, 1.165) is 28.1 Å². The maximum Gasteiger partial charge on any atom is 0.0998 e. The lowest BCUT2D eigenvalue weighted by Gasteiger charge is -2.30. The summed E-state index contributed by atoms with van der Waals surface area (Å²) in [5, 5.41) is 15.4. The van der Waals surface area contributed by atoms with Crippen molar-refractivity contribution in [3.8, 4) is 39.7 Å². The Morgan fingerprint density at radius 1 is 0.396 bits per heavy atom. The van der Waals surface area contributed by atoms with E-state index in [9.17, 15) is 5.26 Å². The summed E-state index contributed by atoms with van der Waals surface area (Å²) in [6, 6.07) is 66.3. The van der Waals surface area contributed by atoms with E-state index in [0.29, 0.717) is 0 Å². The highest BCUT2D eigenvalue weighted by Gasteiger charge is 2.52. The van der Waals surface area contributed by atoms with Gasteiger partial charge in [-0.3, -0.25) is 0 Å². The van der Waals surface area contributed by atoms with E-state index in [1.807, 2.05) is 6.07 Å². The van der Waals surface area contributed by atoms with E-state index >= 15 is 0 Å². The molecule has 0 aliphatic heterocycles. The Balaban J connectivity index is 1.23. The fourth-order valence-electron chi connectivity index (χ4n) is 10.1. The number of nitriles is 1. The van der Waals surface area contributed by atoms with Crippen LogP contribution in [0.2, 0.25) is 0 Å². The van der Waals surface area contributed by atoms with Gasteiger partial charge in [0.2, 0.25) is 0 Å². The summed E-state index contributed by atoms with van der Waals surface area (Å²) in [5.74, 6) is 0. The van der Waals surface area contributed by atoms with Crippen LogP contribution in [0.5, 0.6) is 0 Å². The molecule has 2 aliphatic rings. The Morgan fingerprint density at radius 2 is 0.906 bits per heavy atom. The third-order valence-corrected chi connectivity index (χ3v) is 12.0. The fraction of sp³-hybridized carbons (Fsp3) is 0.0200. The van der Waals surface area contributed by atoms with Gasteiger partial charge in [-0.15, -0.1) is 0 Å². The second kappa shape index (κ2) is 10.2. The Kier molecular flexibility index (Phi) is 5.50. The van der Waals surface area contributed by atoms with Crippen molar-refractivity contribution < 1.29 is 0 Å². The summed E-state index contributed by atoms with van der Waals surface area (Å²) in [7, 11) is 0. The quantitative estimate of drug-likeness (QED) is 0.180. The molecule has 12 rings (SSSR count). The summed E-state index contributed by atoms with van der Waals surface area (Å²) in [6.45, 7) is 0. The molecule has 2 aliphatic carbocycles. The van der Waals surface area contributed by atoms with Gasteiger partial charge in [-0.25, -0.2) is 0 Å². The maximum atomic E-state index is 10.4. The molecule has 0 amide bonds. The van der Waals surface area contributed by atoms with Crippen molar-refractivity contribution in [3.05, 3.63) is 204 Å². The van der Waals surface area contributed by atoms with Crippen molar-refractivity contribution in [1.82, 2.24) is 9.13 Å². The van der Waals surface area contributed by atoms with Crippen molar-refractivity contribution in [3.63, 3.8) is 0 Å². The van der Waals surface area contributed by atoms with Gasteiger partial charge in [0, 0.05) is 38.4 Å². The van der Waals surface area contributed by atoms with Crippen LogP contribution in [0.15, 0.2) is 176 Å². The lowest BCUT2D eigenvalue weighted by Crippen LogP contribution is -2.25. The average Bonchev–Trinajstić information content (AvgIpc) is 3.93. The molecule has 1 spiro atoms. The average molecular weight is 672 g/mol. The van der Waals surface area contributed by atoms with Gasteiger partial charge in [0.25, 0.3) is 0 Å². The number of aromatic nitrogens is 2. The van der Waals surface area contributed by atoms with Gasteiger partial charge in [0.05, 0.1) is 44.8 Å². The van der Waals surface area contributed by atoms with Crippen LogP contribution in [0, 0.1) is 11.3 Å². The summed E-state index contributed by atoms with van der Waals surface area (Å²) < 4.78 is 4.90. The molecule has 0 saturated carbocycles. The number of para-hydroxylation sites is 3. The van der Waals surface area contributed by atoms with Crippen molar-refractivity contribution in [1.29, 1.82) is 5.26 Å². The molecule has 2 heterocycles. The van der Waals surface area contributed by atoms with Crippen LogP contribution in [0.1, 0.15) is 27.8 Å². The standard InChI is InChI=1S/C50H29N3/c51-30-31-14-12-23-39-46(31)33-17-4-8-21-37(33)50(39)38-22-9-5-18-34(38)47-40(50)24-13-27-43(47)53-42-26-11-7-20-36(42)49-45(53)29-28-44-48(49)35-19-6-10-25-41(35)52(44)32-15-2-1-3-16-32/h1-29H. The highest BCUT2D eigenvalue weighted by Crippen LogP contribution is 2.64. The van der Waals surface area contributed by atoms with Crippen molar-refractivity contribution in [2.45, 2.75) is 5.41 Å². The normalized spacial score (nSPS) is 15.2. The Hall–Kier alpha value is -7.15. The van der Waals surface area contributed by atoms with Gasteiger partial charge < -0.3 is 9.13 Å². The molecular formula is C50H29N3. The first-order valence-corrected chi connectivity index (χ1v) is 18.2. The van der Waals surface area contributed by atoms with Crippen molar-refractivity contribution >= 4 is 43.6 Å². The number of hydrogen-bond acceptors (Lipinski definition) is 1. The van der Waals surface area contributed by atoms with E-state index in [1.54, 1.807) is 0 Å². The van der Waals surface area contributed by atoms with Crippen LogP contribution in [0.25, 0.3) is 77.2 Å². The second-order valence-electron chi connectivity index (χ2n) is 14.3. The number of fused-ring (bicyclic) bond motifs is 17. The van der Waals surface area contributed by atoms with E-state index in [1.165, 1.54) is 77.0 Å². The van der Waals surface area contributed by atoms with E-state index < -0.39 is 5.41 Å². The Morgan fingerprint density at radius 3 is 1.58 bits per heavy atom. The van der Waals surface area contributed by atoms with Crippen molar-refractivity contribution in [2.24, 2.45) is 0 Å². The molecule has 0 bridgehead atoms. The van der Waals surface area contributed by atoms with E-state index in [4.69, 9.17) is 0 Å². The molecule has 244 valence electrons. The molecule has 10 aromatic rings. The zero-order chi connectivity index (χ0) is 34.8. The monoisotopic (exact) mass is 671 g/mol. The number of hydrogen-bond donors (Lipinski definition) is 0. The summed E-state index contributed by atoms with van der Waals surface area (Å²) in [6.07, 6.45) is 0.